The summed E-state index contributed by atoms with van der Waals surface area (Å²) >= 11 is 0. The zero-order chi connectivity index (χ0) is 14.8. The van der Waals surface area contributed by atoms with Crippen LogP contribution in [-0.2, 0) is 6.18 Å². The Hall–Kier alpha value is -2.67. The molecule has 0 saturated heterocycles. The number of ether oxygens (including phenoxy) is 1. The molecule has 2 aromatic rings. The summed E-state index contributed by atoms with van der Waals surface area (Å²) in [5.41, 5.74) is 7.19. The Morgan fingerprint density at radius 3 is 2.45 bits per heavy atom. The average molecular weight is 284 g/mol. The highest BCUT2D eigenvalue weighted by atomic mass is 19.4. The summed E-state index contributed by atoms with van der Waals surface area (Å²) in [6, 6.07) is 6.04. The first kappa shape index (κ1) is 13.8. The van der Waals surface area contributed by atoms with Gasteiger partial charge in [-0.05, 0) is 34.9 Å². The van der Waals surface area contributed by atoms with E-state index < -0.39 is 17.8 Å². The molecule has 0 amide bonds. The quantitative estimate of drug-likeness (QED) is 0.478. The molecule has 0 aliphatic heterocycles. The molecule has 20 heavy (non-hydrogen) atoms. The van der Waals surface area contributed by atoms with Crippen LogP contribution in [0.15, 0.2) is 33.8 Å². The van der Waals surface area contributed by atoms with Gasteiger partial charge in [0.2, 0.25) is 11.8 Å². The highest BCUT2D eigenvalue weighted by Gasteiger charge is 2.38. The van der Waals surface area contributed by atoms with Gasteiger partial charge in [0, 0.05) is 10.5 Å². The van der Waals surface area contributed by atoms with Gasteiger partial charge in [0.25, 0.3) is 0 Å². The number of rotatable bonds is 3. The van der Waals surface area contributed by atoms with Crippen molar-refractivity contribution in [1.82, 2.24) is 4.98 Å². The van der Waals surface area contributed by atoms with Gasteiger partial charge < -0.3 is 9.15 Å². The van der Waals surface area contributed by atoms with Gasteiger partial charge >= 0.3 is 6.18 Å². The van der Waals surface area contributed by atoms with Crippen LogP contribution >= 0.6 is 0 Å². The van der Waals surface area contributed by atoms with E-state index in [1.165, 1.54) is 19.2 Å². The predicted molar refractivity (Wildman–Crippen MR) is 62.3 cm³/mol. The van der Waals surface area contributed by atoms with E-state index in [0.717, 1.165) is 0 Å². The van der Waals surface area contributed by atoms with Crippen molar-refractivity contribution in [3.63, 3.8) is 0 Å². The van der Waals surface area contributed by atoms with Crippen molar-refractivity contribution in [2.24, 2.45) is 5.11 Å². The first-order chi connectivity index (χ1) is 9.45. The number of oxazole rings is 1. The maximum Gasteiger partial charge on any atom is 0.437 e. The van der Waals surface area contributed by atoms with E-state index >= 15 is 0 Å². The van der Waals surface area contributed by atoms with Crippen LogP contribution in [0.2, 0.25) is 0 Å². The molecule has 0 radical (unpaired) electrons. The molecular weight excluding hydrogens is 277 g/mol. The number of nitrogens with zero attached hydrogens (tertiary/aromatic N) is 4. The summed E-state index contributed by atoms with van der Waals surface area (Å²) in [7, 11) is 1.46. The molecule has 0 spiro atoms. The average Bonchev–Trinajstić information content (AvgIpc) is 2.83. The molecule has 2 rings (SSSR count). The number of hydrogen-bond donors (Lipinski definition) is 0. The summed E-state index contributed by atoms with van der Waals surface area (Å²) in [6.45, 7) is 0. The molecule has 0 saturated carbocycles. The summed E-state index contributed by atoms with van der Waals surface area (Å²) in [5.74, 6) is -0.667. The fraction of sp³-hybridized carbons (Fsp3) is 0.182. The van der Waals surface area contributed by atoms with Gasteiger partial charge in [0.15, 0.2) is 5.69 Å². The van der Waals surface area contributed by atoms with Crippen LogP contribution in [0.4, 0.5) is 19.1 Å². The SMILES string of the molecule is COc1ccc(-c2nc(C(F)(F)F)c(N=[N+]=[N-])o2)cc1. The zero-order valence-electron chi connectivity index (χ0n) is 10.0. The lowest BCUT2D eigenvalue weighted by atomic mass is 10.2. The van der Waals surface area contributed by atoms with Gasteiger partial charge in [-0.2, -0.15) is 13.2 Å². The molecule has 0 fully saturated rings. The molecule has 0 N–H and O–H groups in total. The Morgan fingerprint density at radius 1 is 1.30 bits per heavy atom. The topological polar surface area (TPSA) is 84.0 Å². The molecule has 1 heterocycles. The van der Waals surface area contributed by atoms with Crippen molar-refractivity contribution >= 4 is 5.88 Å². The van der Waals surface area contributed by atoms with E-state index in [1.54, 1.807) is 12.1 Å². The third-order valence-corrected chi connectivity index (χ3v) is 2.35. The van der Waals surface area contributed by atoms with Crippen LogP contribution in [0.3, 0.4) is 0 Å². The maximum absolute atomic E-state index is 12.7. The molecule has 1 aromatic heterocycles. The van der Waals surface area contributed by atoms with Crippen molar-refractivity contribution in [3.8, 4) is 17.2 Å². The molecule has 0 aliphatic rings. The van der Waals surface area contributed by atoms with Crippen LogP contribution in [0.5, 0.6) is 5.75 Å². The van der Waals surface area contributed by atoms with Gasteiger partial charge in [-0.1, -0.05) is 0 Å². The molecule has 9 heteroatoms. The smallest absolute Gasteiger partial charge is 0.437 e. The Kier molecular flexibility index (Phi) is 3.53. The molecule has 104 valence electrons. The first-order valence-corrected chi connectivity index (χ1v) is 5.23. The molecular formula is C11H7F3N4O2. The lowest BCUT2D eigenvalue weighted by molar-refractivity contribution is -0.140. The minimum Gasteiger partial charge on any atom is -0.497 e. The van der Waals surface area contributed by atoms with Crippen LogP contribution < -0.4 is 4.74 Å². The second-order valence-electron chi connectivity index (χ2n) is 3.59. The van der Waals surface area contributed by atoms with Gasteiger partial charge in [0.1, 0.15) is 5.75 Å². The Morgan fingerprint density at radius 2 is 1.95 bits per heavy atom. The number of methoxy groups -OCH3 is 1. The lowest BCUT2D eigenvalue weighted by Gasteiger charge is -2.00. The van der Waals surface area contributed by atoms with Crippen molar-refractivity contribution in [2.45, 2.75) is 6.18 Å². The monoisotopic (exact) mass is 284 g/mol. The Labute approximate surface area is 110 Å². The van der Waals surface area contributed by atoms with Gasteiger partial charge in [0.05, 0.1) is 7.11 Å². The summed E-state index contributed by atoms with van der Waals surface area (Å²) in [6.07, 6.45) is -4.77. The minimum absolute atomic E-state index is 0.289. The fourth-order valence-corrected chi connectivity index (χ4v) is 1.46. The normalized spacial score (nSPS) is 11.0. The van der Waals surface area contributed by atoms with E-state index in [1.807, 2.05) is 0 Å². The molecule has 1 aromatic carbocycles. The van der Waals surface area contributed by atoms with Crippen LogP contribution in [-0.4, -0.2) is 12.1 Å². The van der Waals surface area contributed by atoms with Crippen molar-refractivity contribution in [3.05, 3.63) is 40.4 Å². The van der Waals surface area contributed by atoms with Crippen LogP contribution in [0.25, 0.3) is 21.9 Å². The minimum atomic E-state index is -4.77. The third-order valence-electron chi connectivity index (χ3n) is 2.35. The summed E-state index contributed by atoms with van der Waals surface area (Å²) in [4.78, 5) is 5.61. The van der Waals surface area contributed by atoms with Gasteiger partial charge in [-0.3, -0.25) is 0 Å². The van der Waals surface area contributed by atoms with Gasteiger partial charge in [-0.25, -0.2) is 4.98 Å². The molecule has 0 unspecified atom stereocenters. The first-order valence-electron chi connectivity index (χ1n) is 5.23. The maximum atomic E-state index is 12.7. The van der Waals surface area contributed by atoms with Crippen LogP contribution in [0.1, 0.15) is 5.69 Å². The molecule has 0 atom stereocenters. The van der Waals surface area contributed by atoms with Crippen molar-refractivity contribution < 1.29 is 22.3 Å². The number of aromatic nitrogens is 1. The zero-order valence-corrected chi connectivity index (χ0v) is 10.0. The number of alkyl halides is 3. The van der Waals surface area contributed by atoms with E-state index in [9.17, 15) is 13.2 Å². The van der Waals surface area contributed by atoms with E-state index in [2.05, 4.69) is 15.0 Å². The summed E-state index contributed by atoms with van der Waals surface area (Å²) in [5, 5.41) is 2.86. The van der Waals surface area contributed by atoms with E-state index in [0.29, 0.717) is 11.3 Å². The standard InChI is InChI=1S/C11H7F3N4O2/c1-19-7-4-2-6(3-5-7)9-16-8(11(12,13)14)10(20-9)17-18-15/h2-5H,1H3. The van der Waals surface area contributed by atoms with Gasteiger partial charge in [-0.15, -0.1) is 0 Å². The Bertz CT molecular complexity index is 657. The Balaban J connectivity index is 2.49. The van der Waals surface area contributed by atoms with Crippen molar-refractivity contribution in [1.29, 1.82) is 0 Å². The number of hydrogen-bond acceptors (Lipinski definition) is 4. The highest BCUT2D eigenvalue weighted by molar-refractivity contribution is 5.57. The summed E-state index contributed by atoms with van der Waals surface area (Å²) < 4.78 is 47.9. The molecule has 6 nitrogen and oxygen atoms in total. The largest absolute Gasteiger partial charge is 0.497 e. The fourth-order valence-electron chi connectivity index (χ4n) is 1.46. The lowest BCUT2D eigenvalue weighted by Crippen LogP contribution is -2.05. The number of halogens is 3. The molecule has 0 bridgehead atoms. The number of benzene rings is 1. The molecule has 0 aliphatic carbocycles. The van der Waals surface area contributed by atoms with Crippen LogP contribution in [0, 0.1) is 0 Å². The number of azide groups is 1. The van der Waals surface area contributed by atoms with Crippen molar-refractivity contribution in [2.75, 3.05) is 7.11 Å². The second-order valence-corrected chi connectivity index (χ2v) is 3.59. The second kappa shape index (κ2) is 5.14. The third kappa shape index (κ3) is 2.67. The highest BCUT2D eigenvalue weighted by Crippen LogP contribution is 2.38. The van der Waals surface area contributed by atoms with E-state index in [4.69, 9.17) is 14.7 Å². The predicted octanol–water partition coefficient (Wildman–Crippen LogP) is 4.31. The van der Waals surface area contributed by atoms with E-state index in [-0.39, 0.29) is 5.89 Å².